The third kappa shape index (κ3) is 4.29. The van der Waals surface area contributed by atoms with Crippen LogP contribution in [-0.2, 0) is 11.2 Å². The SMILES string of the molecule is O=C(CCN1CCN(C2CCCC2)CC1)NC1CCCc2ccccc21. The molecule has 1 N–H and O–H groups in total. The van der Waals surface area contributed by atoms with E-state index in [9.17, 15) is 4.79 Å². The van der Waals surface area contributed by atoms with Crippen LogP contribution < -0.4 is 5.32 Å². The van der Waals surface area contributed by atoms with Gasteiger partial charge in [-0.05, 0) is 43.2 Å². The van der Waals surface area contributed by atoms with Gasteiger partial charge in [-0.2, -0.15) is 0 Å². The number of aryl methyl sites for hydroxylation is 1. The molecule has 1 saturated carbocycles. The van der Waals surface area contributed by atoms with Crippen LogP contribution in [0.5, 0.6) is 0 Å². The van der Waals surface area contributed by atoms with Crippen molar-refractivity contribution in [2.75, 3.05) is 32.7 Å². The van der Waals surface area contributed by atoms with Crippen molar-refractivity contribution in [1.29, 1.82) is 0 Å². The van der Waals surface area contributed by atoms with E-state index in [1.54, 1.807) is 0 Å². The maximum Gasteiger partial charge on any atom is 0.221 e. The molecule has 3 aliphatic rings. The van der Waals surface area contributed by atoms with E-state index in [0.717, 1.165) is 38.5 Å². The molecule has 1 amide bonds. The minimum atomic E-state index is 0.213. The van der Waals surface area contributed by atoms with Crippen molar-refractivity contribution in [3.63, 3.8) is 0 Å². The molecule has 1 aliphatic heterocycles. The lowest BCUT2D eigenvalue weighted by Crippen LogP contribution is -2.50. The summed E-state index contributed by atoms with van der Waals surface area (Å²) in [4.78, 5) is 17.6. The summed E-state index contributed by atoms with van der Waals surface area (Å²) in [5.74, 6) is 0.213. The highest BCUT2D eigenvalue weighted by atomic mass is 16.1. The Morgan fingerprint density at radius 3 is 2.58 bits per heavy atom. The lowest BCUT2D eigenvalue weighted by atomic mass is 9.87. The Labute approximate surface area is 157 Å². The smallest absolute Gasteiger partial charge is 0.221 e. The molecule has 1 aromatic rings. The minimum absolute atomic E-state index is 0.213. The Kier molecular flexibility index (Phi) is 5.91. The largest absolute Gasteiger partial charge is 0.349 e. The molecule has 1 atom stereocenters. The van der Waals surface area contributed by atoms with E-state index < -0.39 is 0 Å². The number of carbonyl (C=O) groups excluding carboxylic acids is 1. The van der Waals surface area contributed by atoms with E-state index in [2.05, 4.69) is 39.4 Å². The topological polar surface area (TPSA) is 35.6 Å². The van der Waals surface area contributed by atoms with E-state index in [1.807, 2.05) is 0 Å². The summed E-state index contributed by atoms with van der Waals surface area (Å²) in [7, 11) is 0. The highest BCUT2D eigenvalue weighted by molar-refractivity contribution is 5.76. The first-order chi connectivity index (χ1) is 12.8. The Hall–Kier alpha value is -1.39. The van der Waals surface area contributed by atoms with Crippen LogP contribution in [0.3, 0.4) is 0 Å². The third-order valence-electron chi connectivity index (χ3n) is 6.61. The zero-order valence-electron chi connectivity index (χ0n) is 16.0. The molecule has 4 nitrogen and oxygen atoms in total. The van der Waals surface area contributed by atoms with Crippen LogP contribution in [0.1, 0.15) is 62.1 Å². The molecule has 0 spiro atoms. The Morgan fingerprint density at radius 2 is 1.77 bits per heavy atom. The average Bonchev–Trinajstić information content (AvgIpc) is 3.22. The second kappa shape index (κ2) is 8.53. The summed E-state index contributed by atoms with van der Waals surface area (Å²) in [6, 6.07) is 9.64. The molecule has 2 aliphatic carbocycles. The Morgan fingerprint density at radius 1 is 1.00 bits per heavy atom. The van der Waals surface area contributed by atoms with Crippen LogP contribution in [0, 0.1) is 0 Å². The summed E-state index contributed by atoms with van der Waals surface area (Å²) in [6.07, 6.45) is 9.63. The molecule has 142 valence electrons. The number of nitrogens with one attached hydrogen (secondary N) is 1. The average molecular weight is 356 g/mol. The summed E-state index contributed by atoms with van der Waals surface area (Å²) in [5.41, 5.74) is 2.74. The van der Waals surface area contributed by atoms with Gasteiger partial charge in [-0.25, -0.2) is 0 Å². The van der Waals surface area contributed by atoms with Gasteiger partial charge in [0.15, 0.2) is 0 Å². The second-order valence-corrected chi connectivity index (χ2v) is 8.28. The van der Waals surface area contributed by atoms with Gasteiger partial charge in [0.2, 0.25) is 5.91 Å². The third-order valence-corrected chi connectivity index (χ3v) is 6.61. The first-order valence-electron chi connectivity index (χ1n) is 10.6. The number of rotatable bonds is 5. The van der Waals surface area contributed by atoms with Crippen molar-refractivity contribution in [3.05, 3.63) is 35.4 Å². The van der Waals surface area contributed by atoms with Gasteiger partial charge in [-0.3, -0.25) is 9.69 Å². The fraction of sp³-hybridized carbons (Fsp3) is 0.682. The van der Waals surface area contributed by atoms with Gasteiger partial charge in [0.05, 0.1) is 6.04 Å². The number of amides is 1. The Balaban J connectivity index is 1.20. The van der Waals surface area contributed by atoms with Gasteiger partial charge in [0.25, 0.3) is 0 Å². The number of benzene rings is 1. The Bertz CT molecular complexity index is 603. The molecule has 2 fully saturated rings. The first kappa shape index (κ1) is 18.0. The number of hydrogen-bond donors (Lipinski definition) is 1. The van der Waals surface area contributed by atoms with Crippen LogP contribution in [0.2, 0.25) is 0 Å². The van der Waals surface area contributed by atoms with Crippen molar-refractivity contribution >= 4 is 5.91 Å². The molecule has 1 saturated heterocycles. The number of carbonyl (C=O) groups is 1. The first-order valence-corrected chi connectivity index (χ1v) is 10.6. The molecule has 26 heavy (non-hydrogen) atoms. The van der Waals surface area contributed by atoms with Crippen LogP contribution in [0.4, 0.5) is 0 Å². The highest BCUT2D eigenvalue weighted by Gasteiger charge is 2.26. The fourth-order valence-corrected chi connectivity index (χ4v) is 5.05. The van der Waals surface area contributed by atoms with Gasteiger partial charge < -0.3 is 10.2 Å². The van der Waals surface area contributed by atoms with Gasteiger partial charge in [0.1, 0.15) is 0 Å². The maximum atomic E-state index is 12.5. The van der Waals surface area contributed by atoms with Crippen molar-refractivity contribution in [2.24, 2.45) is 0 Å². The molecule has 1 unspecified atom stereocenters. The van der Waals surface area contributed by atoms with E-state index in [-0.39, 0.29) is 11.9 Å². The van der Waals surface area contributed by atoms with Crippen molar-refractivity contribution in [1.82, 2.24) is 15.1 Å². The van der Waals surface area contributed by atoms with Crippen LogP contribution in [-0.4, -0.2) is 54.5 Å². The highest BCUT2D eigenvalue weighted by Crippen LogP contribution is 2.29. The normalized spacial score (nSPS) is 25.2. The number of hydrogen-bond acceptors (Lipinski definition) is 3. The summed E-state index contributed by atoms with van der Waals surface area (Å²) < 4.78 is 0. The van der Waals surface area contributed by atoms with E-state index in [0.29, 0.717) is 6.42 Å². The molecule has 1 heterocycles. The fourth-order valence-electron chi connectivity index (χ4n) is 5.05. The molecule has 0 aromatic heterocycles. The van der Waals surface area contributed by atoms with Crippen LogP contribution >= 0.6 is 0 Å². The van der Waals surface area contributed by atoms with E-state index in [1.165, 1.54) is 56.3 Å². The number of fused-ring (bicyclic) bond motifs is 1. The molecule has 0 bridgehead atoms. The van der Waals surface area contributed by atoms with Crippen molar-refractivity contribution in [2.45, 2.75) is 63.5 Å². The second-order valence-electron chi connectivity index (χ2n) is 8.28. The minimum Gasteiger partial charge on any atom is -0.349 e. The van der Waals surface area contributed by atoms with Gasteiger partial charge >= 0.3 is 0 Å². The summed E-state index contributed by atoms with van der Waals surface area (Å²) in [6.45, 7) is 5.51. The lowest BCUT2D eigenvalue weighted by molar-refractivity contribution is -0.122. The van der Waals surface area contributed by atoms with E-state index in [4.69, 9.17) is 0 Å². The van der Waals surface area contributed by atoms with Gasteiger partial charge in [-0.15, -0.1) is 0 Å². The number of nitrogens with zero attached hydrogens (tertiary/aromatic N) is 2. The quantitative estimate of drug-likeness (QED) is 0.881. The predicted octanol–water partition coefficient (Wildman–Crippen LogP) is 3.13. The standard InChI is InChI=1S/C22H33N3O/c26-22(23-21-11-5-7-18-6-1-4-10-20(18)21)12-13-24-14-16-25(17-15-24)19-8-2-3-9-19/h1,4,6,10,19,21H,2-3,5,7-9,11-17H2,(H,23,26). The zero-order valence-corrected chi connectivity index (χ0v) is 16.0. The number of piperazine rings is 1. The van der Waals surface area contributed by atoms with Crippen molar-refractivity contribution < 1.29 is 4.79 Å². The van der Waals surface area contributed by atoms with Crippen molar-refractivity contribution in [3.8, 4) is 0 Å². The molecular formula is C22H33N3O. The molecule has 4 rings (SSSR count). The van der Waals surface area contributed by atoms with Gasteiger partial charge in [0, 0.05) is 45.2 Å². The van der Waals surface area contributed by atoms with E-state index >= 15 is 0 Å². The van der Waals surface area contributed by atoms with Gasteiger partial charge in [-0.1, -0.05) is 37.1 Å². The zero-order chi connectivity index (χ0) is 17.8. The van der Waals surface area contributed by atoms with Crippen LogP contribution in [0.15, 0.2) is 24.3 Å². The maximum absolute atomic E-state index is 12.5. The van der Waals surface area contributed by atoms with Crippen LogP contribution in [0.25, 0.3) is 0 Å². The molecule has 4 heteroatoms. The molecular weight excluding hydrogens is 322 g/mol. The monoisotopic (exact) mass is 355 g/mol. The summed E-state index contributed by atoms with van der Waals surface area (Å²) >= 11 is 0. The molecule has 0 radical (unpaired) electrons. The summed E-state index contributed by atoms with van der Waals surface area (Å²) in [5, 5.41) is 3.29. The molecule has 1 aromatic carbocycles. The lowest BCUT2D eigenvalue weighted by Gasteiger charge is -2.38. The predicted molar refractivity (Wildman–Crippen MR) is 105 cm³/mol.